The monoisotopic (exact) mass is 564 g/mol. The van der Waals surface area contributed by atoms with Crippen LogP contribution in [-0.4, -0.2) is 27.4 Å². The summed E-state index contributed by atoms with van der Waals surface area (Å²) in [7, 11) is 0. The van der Waals surface area contributed by atoms with Crippen LogP contribution in [0.2, 0.25) is 0 Å². The van der Waals surface area contributed by atoms with E-state index in [9.17, 15) is 14.9 Å². The number of aryl methyl sites for hydroxylation is 2. The van der Waals surface area contributed by atoms with Gasteiger partial charge < -0.3 is 9.47 Å². The molecule has 0 bridgehead atoms. The summed E-state index contributed by atoms with van der Waals surface area (Å²) in [6, 6.07) is 15.9. The second-order valence-corrected chi connectivity index (χ2v) is 9.16. The van der Waals surface area contributed by atoms with Crippen molar-refractivity contribution >= 4 is 38.7 Å². The van der Waals surface area contributed by atoms with Crippen molar-refractivity contribution in [3.05, 3.63) is 102 Å². The molecular formula is C27H25BrN4O5. The third kappa shape index (κ3) is 5.86. The number of hydrogen-bond donors (Lipinski definition) is 0. The standard InChI is InChI=1S/C27H25BrN4O5/c1-4-25-30-22-10-9-20(28)14-21(22)27(33)31(25)29-15-19-12-23(32(34)35)26(24(13-19)36-5-2)37-16-18-8-6-7-17(3)11-18/h6-15H,4-5,16H2,1-3H3. The number of ether oxygens (including phenoxy) is 2. The van der Waals surface area contributed by atoms with Crippen LogP contribution in [0.4, 0.5) is 5.69 Å². The van der Waals surface area contributed by atoms with Crippen LogP contribution in [0.1, 0.15) is 36.4 Å². The Bertz CT molecular complexity index is 1560. The van der Waals surface area contributed by atoms with Gasteiger partial charge in [0, 0.05) is 22.5 Å². The molecule has 4 aromatic rings. The Morgan fingerprint density at radius 1 is 1.14 bits per heavy atom. The maximum atomic E-state index is 13.2. The quantitative estimate of drug-likeness (QED) is 0.144. The van der Waals surface area contributed by atoms with Crippen molar-refractivity contribution in [2.45, 2.75) is 33.8 Å². The molecular weight excluding hydrogens is 540 g/mol. The summed E-state index contributed by atoms with van der Waals surface area (Å²) in [4.78, 5) is 29.1. The molecule has 0 aliphatic carbocycles. The highest BCUT2D eigenvalue weighted by atomic mass is 79.9. The molecule has 0 saturated carbocycles. The maximum absolute atomic E-state index is 13.2. The van der Waals surface area contributed by atoms with E-state index in [0.717, 1.165) is 15.6 Å². The van der Waals surface area contributed by atoms with Crippen LogP contribution in [0.5, 0.6) is 11.5 Å². The van der Waals surface area contributed by atoms with Crippen molar-refractivity contribution in [3.8, 4) is 11.5 Å². The number of nitrogens with zero attached hydrogens (tertiary/aromatic N) is 4. The molecule has 190 valence electrons. The Morgan fingerprint density at radius 2 is 1.95 bits per heavy atom. The molecule has 37 heavy (non-hydrogen) atoms. The zero-order valence-electron chi connectivity index (χ0n) is 20.6. The van der Waals surface area contributed by atoms with Crippen LogP contribution in [-0.2, 0) is 13.0 Å². The van der Waals surface area contributed by atoms with E-state index in [4.69, 9.17) is 9.47 Å². The first kappa shape index (κ1) is 26.0. The molecule has 0 radical (unpaired) electrons. The lowest BCUT2D eigenvalue weighted by Crippen LogP contribution is -2.22. The van der Waals surface area contributed by atoms with Gasteiger partial charge in [-0.3, -0.25) is 14.9 Å². The maximum Gasteiger partial charge on any atom is 0.315 e. The Kier molecular flexibility index (Phi) is 7.98. The van der Waals surface area contributed by atoms with Gasteiger partial charge in [0.15, 0.2) is 5.75 Å². The predicted octanol–water partition coefficient (Wildman–Crippen LogP) is 5.80. The van der Waals surface area contributed by atoms with Gasteiger partial charge in [-0.25, -0.2) is 4.98 Å². The van der Waals surface area contributed by atoms with Crippen molar-refractivity contribution in [1.29, 1.82) is 0 Å². The zero-order valence-corrected chi connectivity index (χ0v) is 22.2. The van der Waals surface area contributed by atoms with Crippen LogP contribution in [0.15, 0.2) is 69.0 Å². The summed E-state index contributed by atoms with van der Waals surface area (Å²) in [6.45, 7) is 6.04. The third-order valence-electron chi connectivity index (χ3n) is 5.53. The van der Waals surface area contributed by atoms with Crippen molar-refractivity contribution in [2.75, 3.05) is 6.61 Å². The zero-order chi connectivity index (χ0) is 26.5. The number of rotatable bonds is 9. The van der Waals surface area contributed by atoms with Gasteiger partial charge >= 0.3 is 5.69 Å². The van der Waals surface area contributed by atoms with E-state index >= 15 is 0 Å². The van der Waals surface area contributed by atoms with Crippen LogP contribution in [0.25, 0.3) is 10.9 Å². The number of hydrogen-bond acceptors (Lipinski definition) is 7. The van der Waals surface area contributed by atoms with Crippen LogP contribution in [0, 0.1) is 17.0 Å². The molecule has 0 N–H and O–H groups in total. The van der Waals surface area contributed by atoms with E-state index in [1.807, 2.05) is 44.2 Å². The highest BCUT2D eigenvalue weighted by molar-refractivity contribution is 9.10. The minimum atomic E-state index is -0.524. The molecule has 9 nitrogen and oxygen atoms in total. The summed E-state index contributed by atoms with van der Waals surface area (Å²) in [5.74, 6) is 0.720. The fourth-order valence-electron chi connectivity index (χ4n) is 3.85. The van der Waals surface area contributed by atoms with Gasteiger partial charge in [0.1, 0.15) is 12.4 Å². The largest absolute Gasteiger partial charge is 0.490 e. The van der Waals surface area contributed by atoms with E-state index in [0.29, 0.717) is 28.7 Å². The fraction of sp³-hybridized carbons (Fsp3) is 0.222. The van der Waals surface area contributed by atoms with Crippen molar-refractivity contribution < 1.29 is 14.4 Å². The van der Waals surface area contributed by atoms with Gasteiger partial charge in [-0.15, -0.1) is 0 Å². The minimum absolute atomic E-state index is 0.0362. The highest BCUT2D eigenvalue weighted by Gasteiger charge is 2.23. The molecule has 0 aliphatic heterocycles. The number of nitro groups is 1. The Hall–Kier alpha value is -4.05. The lowest BCUT2D eigenvalue weighted by atomic mass is 10.1. The molecule has 0 atom stereocenters. The first-order chi connectivity index (χ1) is 17.8. The van der Waals surface area contributed by atoms with Crippen molar-refractivity contribution in [3.63, 3.8) is 0 Å². The van der Waals surface area contributed by atoms with Gasteiger partial charge in [-0.2, -0.15) is 9.78 Å². The first-order valence-corrected chi connectivity index (χ1v) is 12.5. The number of nitro benzene ring substituents is 1. The lowest BCUT2D eigenvalue weighted by Gasteiger charge is -2.13. The number of benzene rings is 3. The number of fused-ring (bicyclic) bond motifs is 1. The van der Waals surface area contributed by atoms with Gasteiger partial charge in [-0.1, -0.05) is 52.7 Å². The van der Waals surface area contributed by atoms with E-state index in [2.05, 4.69) is 26.0 Å². The molecule has 0 aliphatic rings. The van der Waals surface area contributed by atoms with Crippen LogP contribution in [0.3, 0.4) is 0 Å². The lowest BCUT2D eigenvalue weighted by molar-refractivity contribution is -0.386. The minimum Gasteiger partial charge on any atom is -0.490 e. The van der Waals surface area contributed by atoms with E-state index < -0.39 is 4.92 Å². The molecule has 10 heteroatoms. The molecule has 0 spiro atoms. The van der Waals surface area contributed by atoms with Crippen LogP contribution >= 0.6 is 15.9 Å². The summed E-state index contributed by atoms with van der Waals surface area (Å²) >= 11 is 3.38. The Balaban J connectivity index is 1.75. The molecule has 1 aromatic heterocycles. The predicted molar refractivity (Wildman–Crippen MR) is 146 cm³/mol. The van der Waals surface area contributed by atoms with Crippen LogP contribution < -0.4 is 15.0 Å². The van der Waals surface area contributed by atoms with Gasteiger partial charge in [-0.05, 0) is 43.7 Å². The van der Waals surface area contributed by atoms with Gasteiger partial charge in [0.05, 0.1) is 28.6 Å². The first-order valence-electron chi connectivity index (χ1n) is 11.7. The van der Waals surface area contributed by atoms with E-state index in [-0.39, 0.29) is 36.0 Å². The molecule has 3 aromatic carbocycles. The number of halogens is 1. The Labute approximate surface area is 221 Å². The van der Waals surface area contributed by atoms with Gasteiger partial charge in [0.25, 0.3) is 5.56 Å². The average Bonchev–Trinajstić information content (AvgIpc) is 2.87. The topological polar surface area (TPSA) is 109 Å². The summed E-state index contributed by atoms with van der Waals surface area (Å²) in [6.07, 6.45) is 1.85. The second-order valence-electron chi connectivity index (χ2n) is 8.24. The summed E-state index contributed by atoms with van der Waals surface area (Å²) in [5.41, 5.74) is 2.29. The summed E-state index contributed by atoms with van der Waals surface area (Å²) < 4.78 is 13.5. The molecule has 0 amide bonds. The molecule has 4 rings (SSSR count). The van der Waals surface area contributed by atoms with Crippen molar-refractivity contribution in [2.24, 2.45) is 5.10 Å². The highest BCUT2D eigenvalue weighted by Crippen LogP contribution is 2.39. The second kappa shape index (κ2) is 11.3. The fourth-order valence-corrected chi connectivity index (χ4v) is 4.21. The van der Waals surface area contributed by atoms with E-state index in [1.165, 1.54) is 17.0 Å². The average molecular weight is 565 g/mol. The number of aromatic nitrogens is 2. The normalized spacial score (nSPS) is 11.2. The molecule has 0 unspecified atom stereocenters. The Morgan fingerprint density at radius 3 is 2.65 bits per heavy atom. The summed E-state index contributed by atoms with van der Waals surface area (Å²) in [5, 5.41) is 16.7. The molecule has 1 heterocycles. The molecule has 0 fully saturated rings. The van der Waals surface area contributed by atoms with Gasteiger partial charge in [0.2, 0.25) is 5.75 Å². The SMILES string of the molecule is CCOc1cc(C=Nn2c(CC)nc3ccc(Br)cc3c2=O)cc([N+](=O)[O-])c1OCc1cccc(C)c1. The van der Waals surface area contributed by atoms with E-state index in [1.54, 1.807) is 25.1 Å². The molecule has 0 saturated heterocycles. The third-order valence-corrected chi connectivity index (χ3v) is 6.03. The van der Waals surface area contributed by atoms with Crippen molar-refractivity contribution in [1.82, 2.24) is 9.66 Å². The smallest absolute Gasteiger partial charge is 0.315 e.